The Balaban J connectivity index is 2.10. The molecule has 1 aromatic carbocycles. The van der Waals surface area contributed by atoms with Gasteiger partial charge in [-0.25, -0.2) is 0 Å². The monoisotopic (exact) mass is 257 g/mol. The molecular formula is C14H15N3S. The maximum Gasteiger partial charge on any atom is 0.142 e. The van der Waals surface area contributed by atoms with Crippen molar-refractivity contribution in [2.24, 2.45) is 5.73 Å². The number of amidine groups is 1. The molecule has 0 amide bonds. The second-order valence-corrected chi connectivity index (χ2v) is 5.08. The molecule has 0 bridgehead atoms. The number of nitrogens with zero attached hydrogens (tertiary/aromatic N) is 1. The maximum atomic E-state index is 7.49. The predicted molar refractivity (Wildman–Crippen MR) is 76.0 cm³/mol. The third-order valence-corrected chi connectivity index (χ3v) is 3.62. The van der Waals surface area contributed by atoms with Crippen LogP contribution in [0.2, 0.25) is 0 Å². The minimum atomic E-state index is 0.0232. The molecule has 4 heteroatoms. The van der Waals surface area contributed by atoms with Gasteiger partial charge in [0.25, 0.3) is 0 Å². The van der Waals surface area contributed by atoms with Crippen LogP contribution in [0.1, 0.15) is 16.8 Å². The highest BCUT2D eigenvalue weighted by atomic mass is 32.2. The van der Waals surface area contributed by atoms with Crippen LogP contribution >= 0.6 is 11.8 Å². The SMILES string of the molecule is Cc1ccc(SCc2cccnc2C(=N)N)cc1. The summed E-state index contributed by atoms with van der Waals surface area (Å²) in [4.78, 5) is 5.35. The number of pyridine rings is 1. The Bertz CT molecular complexity index is 549. The topological polar surface area (TPSA) is 62.8 Å². The molecule has 1 aromatic heterocycles. The first-order valence-corrected chi connectivity index (χ1v) is 6.63. The van der Waals surface area contributed by atoms with E-state index in [0.717, 1.165) is 11.3 Å². The standard InChI is InChI=1S/C14H15N3S/c1-10-4-6-12(7-5-10)18-9-11-3-2-8-17-13(11)14(15)16/h2-8H,9H2,1H3,(H3,15,16). The molecule has 0 saturated carbocycles. The van der Waals surface area contributed by atoms with Gasteiger partial charge in [-0.05, 0) is 30.7 Å². The van der Waals surface area contributed by atoms with Crippen LogP contribution in [-0.2, 0) is 5.75 Å². The molecule has 92 valence electrons. The van der Waals surface area contributed by atoms with Gasteiger partial charge >= 0.3 is 0 Å². The minimum Gasteiger partial charge on any atom is -0.382 e. The lowest BCUT2D eigenvalue weighted by atomic mass is 10.2. The largest absolute Gasteiger partial charge is 0.382 e. The van der Waals surface area contributed by atoms with E-state index >= 15 is 0 Å². The normalized spacial score (nSPS) is 10.3. The van der Waals surface area contributed by atoms with Crippen LogP contribution in [0.4, 0.5) is 0 Å². The molecule has 3 N–H and O–H groups in total. The van der Waals surface area contributed by atoms with Crippen LogP contribution in [0.3, 0.4) is 0 Å². The van der Waals surface area contributed by atoms with Gasteiger partial charge in [0.15, 0.2) is 0 Å². The molecular weight excluding hydrogens is 242 g/mol. The molecule has 1 heterocycles. The molecule has 2 aromatic rings. The van der Waals surface area contributed by atoms with Gasteiger partial charge in [0.05, 0.1) is 0 Å². The summed E-state index contributed by atoms with van der Waals surface area (Å²) in [6, 6.07) is 12.2. The first kappa shape index (κ1) is 12.6. The summed E-state index contributed by atoms with van der Waals surface area (Å²) in [5.41, 5.74) is 8.35. The van der Waals surface area contributed by atoms with E-state index < -0.39 is 0 Å². The van der Waals surface area contributed by atoms with Gasteiger partial charge in [-0.15, -0.1) is 11.8 Å². The van der Waals surface area contributed by atoms with Gasteiger partial charge in [-0.1, -0.05) is 23.8 Å². The molecule has 0 aliphatic carbocycles. The van der Waals surface area contributed by atoms with E-state index in [2.05, 4.69) is 36.2 Å². The summed E-state index contributed by atoms with van der Waals surface area (Å²) in [6.07, 6.45) is 1.66. The first-order valence-electron chi connectivity index (χ1n) is 5.64. The number of nitrogens with one attached hydrogen (secondary N) is 1. The number of hydrogen-bond donors (Lipinski definition) is 2. The Morgan fingerprint density at radius 2 is 2.00 bits per heavy atom. The van der Waals surface area contributed by atoms with Crippen molar-refractivity contribution in [1.82, 2.24) is 4.98 Å². The van der Waals surface area contributed by atoms with Gasteiger partial charge in [0.1, 0.15) is 11.5 Å². The average molecular weight is 257 g/mol. The lowest BCUT2D eigenvalue weighted by Crippen LogP contribution is -2.15. The number of rotatable bonds is 4. The van der Waals surface area contributed by atoms with E-state index in [-0.39, 0.29) is 5.84 Å². The number of nitrogens with two attached hydrogens (primary N) is 1. The van der Waals surface area contributed by atoms with Crippen molar-refractivity contribution in [1.29, 1.82) is 5.41 Å². The lowest BCUT2D eigenvalue weighted by molar-refractivity contribution is 1.19. The first-order chi connectivity index (χ1) is 8.66. The molecule has 0 saturated heterocycles. The summed E-state index contributed by atoms with van der Waals surface area (Å²) in [6.45, 7) is 2.07. The van der Waals surface area contributed by atoms with E-state index in [1.807, 2.05) is 12.1 Å². The summed E-state index contributed by atoms with van der Waals surface area (Å²) in [5.74, 6) is 0.793. The molecule has 18 heavy (non-hydrogen) atoms. The van der Waals surface area contributed by atoms with Crippen LogP contribution < -0.4 is 5.73 Å². The highest BCUT2D eigenvalue weighted by Crippen LogP contribution is 2.23. The molecule has 0 unspecified atom stereocenters. The predicted octanol–water partition coefficient (Wildman–Crippen LogP) is 2.97. The van der Waals surface area contributed by atoms with Crippen LogP contribution in [0.15, 0.2) is 47.5 Å². The third kappa shape index (κ3) is 3.11. The second-order valence-electron chi connectivity index (χ2n) is 4.03. The number of aryl methyl sites for hydroxylation is 1. The molecule has 3 nitrogen and oxygen atoms in total. The van der Waals surface area contributed by atoms with Crippen molar-refractivity contribution in [2.45, 2.75) is 17.6 Å². The number of hydrogen-bond acceptors (Lipinski definition) is 3. The summed E-state index contributed by atoms with van der Waals surface area (Å²) >= 11 is 1.72. The van der Waals surface area contributed by atoms with E-state index in [0.29, 0.717) is 5.69 Å². The van der Waals surface area contributed by atoms with Crippen LogP contribution in [-0.4, -0.2) is 10.8 Å². The van der Waals surface area contributed by atoms with E-state index in [1.54, 1.807) is 18.0 Å². The number of aromatic nitrogens is 1. The molecule has 0 atom stereocenters. The van der Waals surface area contributed by atoms with Gasteiger partial charge in [0, 0.05) is 16.8 Å². The zero-order chi connectivity index (χ0) is 13.0. The fourth-order valence-electron chi connectivity index (χ4n) is 1.59. The quantitative estimate of drug-likeness (QED) is 0.503. The van der Waals surface area contributed by atoms with Gasteiger partial charge < -0.3 is 5.73 Å². The lowest BCUT2D eigenvalue weighted by Gasteiger charge is -2.06. The Morgan fingerprint density at radius 1 is 1.28 bits per heavy atom. The molecule has 0 fully saturated rings. The number of nitrogen functional groups attached to an aromatic ring is 1. The van der Waals surface area contributed by atoms with Crippen LogP contribution in [0, 0.1) is 12.3 Å². The van der Waals surface area contributed by atoms with Crippen LogP contribution in [0.25, 0.3) is 0 Å². The Kier molecular flexibility index (Phi) is 3.99. The third-order valence-electron chi connectivity index (χ3n) is 2.56. The minimum absolute atomic E-state index is 0.0232. The fraction of sp³-hybridized carbons (Fsp3) is 0.143. The van der Waals surface area contributed by atoms with Crippen molar-refractivity contribution in [3.8, 4) is 0 Å². The summed E-state index contributed by atoms with van der Waals surface area (Å²) < 4.78 is 0. The molecule has 0 spiro atoms. The second kappa shape index (κ2) is 5.69. The molecule has 0 aliphatic heterocycles. The highest BCUT2D eigenvalue weighted by Gasteiger charge is 2.06. The summed E-state index contributed by atoms with van der Waals surface area (Å²) in [7, 11) is 0. The molecule has 2 rings (SSSR count). The zero-order valence-electron chi connectivity index (χ0n) is 10.2. The van der Waals surface area contributed by atoms with E-state index in [1.165, 1.54) is 10.5 Å². The Morgan fingerprint density at radius 3 is 2.67 bits per heavy atom. The van der Waals surface area contributed by atoms with Crippen molar-refractivity contribution in [3.05, 3.63) is 59.4 Å². The van der Waals surface area contributed by atoms with Gasteiger partial charge in [-0.2, -0.15) is 0 Å². The molecule has 0 aliphatic rings. The highest BCUT2D eigenvalue weighted by molar-refractivity contribution is 7.98. The van der Waals surface area contributed by atoms with Gasteiger partial charge in [-0.3, -0.25) is 10.4 Å². The van der Waals surface area contributed by atoms with E-state index in [9.17, 15) is 0 Å². The Hall–Kier alpha value is -1.81. The Labute approximate surface area is 111 Å². The van der Waals surface area contributed by atoms with Gasteiger partial charge in [0.2, 0.25) is 0 Å². The van der Waals surface area contributed by atoms with E-state index in [4.69, 9.17) is 11.1 Å². The fourth-order valence-corrected chi connectivity index (χ4v) is 2.48. The number of thioether (sulfide) groups is 1. The average Bonchev–Trinajstić information content (AvgIpc) is 2.38. The number of benzene rings is 1. The van der Waals surface area contributed by atoms with Crippen molar-refractivity contribution in [3.63, 3.8) is 0 Å². The van der Waals surface area contributed by atoms with Crippen molar-refractivity contribution < 1.29 is 0 Å². The molecule has 0 radical (unpaired) electrons. The maximum absolute atomic E-state index is 7.49. The van der Waals surface area contributed by atoms with Crippen LogP contribution in [0.5, 0.6) is 0 Å². The smallest absolute Gasteiger partial charge is 0.142 e. The summed E-state index contributed by atoms with van der Waals surface area (Å²) in [5, 5.41) is 7.49. The zero-order valence-corrected chi connectivity index (χ0v) is 11.0. The van der Waals surface area contributed by atoms with Crippen molar-refractivity contribution >= 4 is 17.6 Å². The van der Waals surface area contributed by atoms with Crippen molar-refractivity contribution in [2.75, 3.05) is 0 Å².